The van der Waals surface area contributed by atoms with Gasteiger partial charge in [0, 0.05) is 6.42 Å². The molecule has 1 atom stereocenters. The third-order valence-electron chi connectivity index (χ3n) is 1.02. The van der Waals surface area contributed by atoms with Gasteiger partial charge in [-0.15, -0.1) is 0 Å². The summed E-state index contributed by atoms with van der Waals surface area (Å²) in [4.78, 5) is 20.1. The van der Waals surface area contributed by atoms with Gasteiger partial charge in [0.25, 0.3) is 0 Å². The van der Waals surface area contributed by atoms with E-state index in [9.17, 15) is 9.59 Å². The predicted octanol–water partition coefficient (Wildman–Crippen LogP) is -1.14. The smallest absolute Gasteiger partial charge is 0.215 e. The monoisotopic (exact) mass is 99.0 g/mol. The molecule has 2 N–H and O–H groups in total. The van der Waals surface area contributed by atoms with Gasteiger partial charge in [-0.2, -0.15) is 0 Å². The normalized spacial score (nSPS) is 30.1. The van der Waals surface area contributed by atoms with Crippen LogP contribution in [0.5, 0.6) is 0 Å². The third kappa shape index (κ3) is 0.452. The minimum Gasteiger partial charge on any atom is -0.321 e. The highest BCUT2D eigenvalue weighted by Gasteiger charge is 2.34. The SMILES string of the molecule is NC1CC(=O)C1=O. The number of ketones is 2. The van der Waals surface area contributed by atoms with Crippen LogP contribution in [0.4, 0.5) is 0 Å². The van der Waals surface area contributed by atoms with Crippen LogP contribution in [0.1, 0.15) is 6.42 Å². The van der Waals surface area contributed by atoms with E-state index in [-0.39, 0.29) is 12.2 Å². The van der Waals surface area contributed by atoms with Gasteiger partial charge < -0.3 is 5.73 Å². The van der Waals surface area contributed by atoms with Gasteiger partial charge >= 0.3 is 0 Å². The fourth-order valence-corrected chi connectivity index (χ4v) is 0.469. The zero-order valence-corrected chi connectivity index (χ0v) is 3.68. The van der Waals surface area contributed by atoms with Crippen molar-refractivity contribution in [3.05, 3.63) is 0 Å². The molecule has 1 rings (SSSR count). The molecule has 1 unspecified atom stereocenters. The fraction of sp³-hybridized carbons (Fsp3) is 0.500. The zero-order chi connectivity index (χ0) is 5.44. The number of rotatable bonds is 0. The van der Waals surface area contributed by atoms with Crippen molar-refractivity contribution >= 4 is 11.6 Å². The Labute approximate surface area is 40.5 Å². The Bertz CT molecular complexity index is 130. The molecule has 0 amide bonds. The van der Waals surface area contributed by atoms with Gasteiger partial charge in [-0.25, -0.2) is 0 Å². The number of hydrogen-bond acceptors (Lipinski definition) is 3. The lowest BCUT2D eigenvalue weighted by Crippen LogP contribution is -2.48. The van der Waals surface area contributed by atoms with Gasteiger partial charge in [0.05, 0.1) is 6.04 Å². The van der Waals surface area contributed by atoms with Gasteiger partial charge in [-0.1, -0.05) is 0 Å². The number of hydrogen-bond donors (Lipinski definition) is 1. The maximum Gasteiger partial charge on any atom is 0.215 e. The molecule has 0 aliphatic heterocycles. The Hall–Kier alpha value is -0.700. The van der Waals surface area contributed by atoms with E-state index in [0.717, 1.165) is 0 Å². The molecule has 1 aliphatic rings. The topological polar surface area (TPSA) is 60.2 Å². The molecule has 0 aromatic heterocycles. The van der Waals surface area contributed by atoms with Crippen molar-refractivity contribution in [2.75, 3.05) is 0 Å². The average Bonchev–Trinajstić information content (AvgIpc) is 1.68. The van der Waals surface area contributed by atoms with Gasteiger partial charge in [-0.3, -0.25) is 9.59 Å². The Morgan fingerprint density at radius 3 is 2.14 bits per heavy atom. The number of nitrogens with two attached hydrogens (primary N) is 1. The lowest BCUT2D eigenvalue weighted by atomic mass is 9.91. The summed E-state index contributed by atoms with van der Waals surface area (Å²) < 4.78 is 0. The van der Waals surface area contributed by atoms with Crippen molar-refractivity contribution in [1.82, 2.24) is 0 Å². The molecular formula is C4H5NO2. The highest BCUT2D eigenvalue weighted by Crippen LogP contribution is 2.05. The van der Waals surface area contributed by atoms with Gasteiger partial charge in [0.1, 0.15) is 0 Å². The van der Waals surface area contributed by atoms with Crippen molar-refractivity contribution < 1.29 is 9.59 Å². The van der Waals surface area contributed by atoms with Crippen molar-refractivity contribution in [3.8, 4) is 0 Å². The summed E-state index contributed by atoms with van der Waals surface area (Å²) in [6, 6.07) is -0.479. The molecule has 0 saturated heterocycles. The Morgan fingerprint density at radius 1 is 1.57 bits per heavy atom. The lowest BCUT2D eigenvalue weighted by molar-refractivity contribution is -0.143. The summed E-state index contributed by atoms with van der Waals surface area (Å²) in [5.41, 5.74) is 5.04. The fourth-order valence-electron chi connectivity index (χ4n) is 0.469. The van der Waals surface area contributed by atoms with Gasteiger partial charge in [0.2, 0.25) is 11.6 Å². The molecule has 0 aromatic rings. The quantitative estimate of drug-likeness (QED) is 0.390. The van der Waals surface area contributed by atoms with Crippen molar-refractivity contribution in [2.45, 2.75) is 12.5 Å². The Kier molecular flexibility index (Phi) is 0.722. The van der Waals surface area contributed by atoms with Crippen LogP contribution in [0.15, 0.2) is 0 Å². The van der Waals surface area contributed by atoms with Crippen LogP contribution in [-0.4, -0.2) is 17.6 Å². The number of carbonyl (C=O) groups excluding carboxylic acids is 2. The molecule has 7 heavy (non-hydrogen) atoms. The molecule has 3 nitrogen and oxygen atoms in total. The van der Waals surface area contributed by atoms with Gasteiger partial charge in [-0.05, 0) is 0 Å². The van der Waals surface area contributed by atoms with Crippen LogP contribution < -0.4 is 5.73 Å². The molecule has 1 saturated carbocycles. The Morgan fingerprint density at radius 2 is 2.14 bits per heavy atom. The predicted molar refractivity (Wildman–Crippen MR) is 22.6 cm³/mol. The first kappa shape index (κ1) is 4.46. The Balaban J connectivity index is 2.60. The number of Topliss-reactive ketones (excluding diaryl/α,β-unsaturated/α-hetero) is 2. The molecule has 3 heteroatoms. The second kappa shape index (κ2) is 1.13. The van der Waals surface area contributed by atoms with Crippen LogP contribution in [0.3, 0.4) is 0 Å². The average molecular weight is 99.1 g/mol. The second-order valence-electron chi connectivity index (χ2n) is 1.60. The molecule has 1 fully saturated rings. The minimum atomic E-state index is -0.479. The first-order valence-corrected chi connectivity index (χ1v) is 2.04. The van der Waals surface area contributed by atoms with Crippen LogP contribution in [-0.2, 0) is 9.59 Å². The van der Waals surface area contributed by atoms with Crippen molar-refractivity contribution in [2.24, 2.45) is 5.73 Å². The van der Waals surface area contributed by atoms with E-state index in [4.69, 9.17) is 5.73 Å². The van der Waals surface area contributed by atoms with E-state index in [0.29, 0.717) is 0 Å². The van der Waals surface area contributed by atoms with E-state index < -0.39 is 11.8 Å². The number of carbonyl (C=O) groups is 2. The summed E-state index contributed by atoms with van der Waals surface area (Å²) in [5, 5.41) is 0. The van der Waals surface area contributed by atoms with E-state index in [1.165, 1.54) is 0 Å². The first-order valence-electron chi connectivity index (χ1n) is 2.04. The minimum absolute atomic E-state index is 0.249. The maximum atomic E-state index is 10.1. The highest BCUT2D eigenvalue weighted by molar-refractivity contribution is 6.46. The van der Waals surface area contributed by atoms with Crippen LogP contribution >= 0.6 is 0 Å². The molecule has 0 aromatic carbocycles. The summed E-state index contributed by atoms with van der Waals surface area (Å²) in [6.45, 7) is 0. The largest absolute Gasteiger partial charge is 0.321 e. The van der Waals surface area contributed by atoms with Crippen molar-refractivity contribution in [1.29, 1.82) is 0 Å². The second-order valence-corrected chi connectivity index (χ2v) is 1.60. The summed E-state index contributed by atoms with van der Waals surface area (Å²) in [7, 11) is 0. The summed E-state index contributed by atoms with van der Waals surface area (Å²) >= 11 is 0. The molecule has 0 radical (unpaired) electrons. The molecule has 0 bridgehead atoms. The standard InChI is InChI=1S/C4H5NO2/c5-2-1-3(6)4(2)7/h2H,1,5H2. The van der Waals surface area contributed by atoms with E-state index in [1.807, 2.05) is 0 Å². The van der Waals surface area contributed by atoms with Crippen molar-refractivity contribution in [3.63, 3.8) is 0 Å². The van der Waals surface area contributed by atoms with Crippen LogP contribution in [0.25, 0.3) is 0 Å². The lowest BCUT2D eigenvalue weighted by Gasteiger charge is -2.15. The molecular weight excluding hydrogens is 94.0 g/mol. The zero-order valence-electron chi connectivity index (χ0n) is 3.68. The van der Waals surface area contributed by atoms with Gasteiger partial charge in [0.15, 0.2) is 0 Å². The van der Waals surface area contributed by atoms with Crippen LogP contribution in [0, 0.1) is 0 Å². The first-order chi connectivity index (χ1) is 3.22. The summed E-state index contributed by atoms with van der Waals surface area (Å²) in [6.07, 6.45) is 0.249. The van der Waals surface area contributed by atoms with Crippen LogP contribution in [0.2, 0.25) is 0 Å². The van der Waals surface area contributed by atoms with E-state index in [1.54, 1.807) is 0 Å². The highest BCUT2D eigenvalue weighted by atomic mass is 16.2. The molecule has 38 valence electrons. The molecule has 1 aliphatic carbocycles. The third-order valence-corrected chi connectivity index (χ3v) is 1.02. The van der Waals surface area contributed by atoms with E-state index in [2.05, 4.69) is 0 Å². The molecule has 0 heterocycles. The summed E-state index contributed by atoms with van der Waals surface area (Å²) in [5.74, 6) is -0.743. The van der Waals surface area contributed by atoms with E-state index >= 15 is 0 Å². The maximum absolute atomic E-state index is 10.1. The molecule has 0 spiro atoms.